The van der Waals surface area contributed by atoms with Crippen molar-refractivity contribution in [2.45, 2.75) is 26.3 Å². The van der Waals surface area contributed by atoms with Crippen molar-refractivity contribution in [3.63, 3.8) is 0 Å². The summed E-state index contributed by atoms with van der Waals surface area (Å²) in [5.41, 5.74) is 6.80. The first-order chi connectivity index (χ1) is 9.11. The van der Waals surface area contributed by atoms with Crippen LogP contribution in [0, 0.1) is 19.7 Å². The Hall–Kier alpha value is -1.78. The number of benzene rings is 1. The molecule has 0 saturated carbocycles. The molecule has 2 rings (SSSR count). The van der Waals surface area contributed by atoms with E-state index < -0.39 is 0 Å². The molecular weight excluding hydrogens is 241 g/mol. The van der Waals surface area contributed by atoms with Crippen molar-refractivity contribution in [1.82, 2.24) is 10.4 Å². The Morgan fingerprint density at radius 1 is 1.26 bits per heavy atom. The van der Waals surface area contributed by atoms with Crippen LogP contribution in [0.2, 0.25) is 0 Å². The van der Waals surface area contributed by atoms with Crippen LogP contribution in [-0.2, 0) is 6.42 Å². The second-order valence-corrected chi connectivity index (χ2v) is 4.70. The van der Waals surface area contributed by atoms with E-state index in [-0.39, 0.29) is 11.9 Å². The van der Waals surface area contributed by atoms with Gasteiger partial charge in [-0.3, -0.25) is 16.3 Å². The summed E-state index contributed by atoms with van der Waals surface area (Å²) >= 11 is 0. The van der Waals surface area contributed by atoms with Gasteiger partial charge in [0.1, 0.15) is 5.82 Å². The first-order valence-corrected chi connectivity index (χ1v) is 6.24. The summed E-state index contributed by atoms with van der Waals surface area (Å²) in [4.78, 5) is 4.38. The van der Waals surface area contributed by atoms with Gasteiger partial charge in [0.25, 0.3) is 0 Å². The van der Waals surface area contributed by atoms with Crippen molar-refractivity contribution in [3.8, 4) is 0 Å². The van der Waals surface area contributed by atoms with E-state index in [0.717, 1.165) is 22.4 Å². The fourth-order valence-corrected chi connectivity index (χ4v) is 2.21. The summed E-state index contributed by atoms with van der Waals surface area (Å²) < 4.78 is 13.1. The summed E-state index contributed by atoms with van der Waals surface area (Å²) in [6, 6.07) is 8.63. The maximum atomic E-state index is 13.1. The third kappa shape index (κ3) is 3.16. The number of hydrazine groups is 1. The second kappa shape index (κ2) is 5.91. The molecule has 3 N–H and O–H groups in total. The SMILES string of the molecule is Cc1cc(F)ccc1CC(NN)c1ncccc1C. The standard InChI is InChI=1S/C15H18FN3/c1-10-4-3-7-18-15(10)14(19-17)9-12-5-6-13(16)8-11(12)2/h3-8,14,19H,9,17H2,1-2H3. The van der Waals surface area contributed by atoms with Crippen molar-refractivity contribution >= 4 is 0 Å². The lowest BCUT2D eigenvalue weighted by molar-refractivity contribution is 0.533. The monoisotopic (exact) mass is 259 g/mol. The molecule has 2 aromatic rings. The van der Waals surface area contributed by atoms with Gasteiger partial charge in [-0.15, -0.1) is 0 Å². The topological polar surface area (TPSA) is 50.9 Å². The zero-order valence-electron chi connectivity index (χ0n) is 11.2. The first-order valence-electron chi connectivity index (χ1n) is 6.24. The Morgan fingerprint density at radius 3 is 2.68 bits per heavy atom. The lowest BCUT2D eigenvalue weighted by atomic mass is 9.97. The van der Waals surface area contributed by atoms with Gasteiger partial charge in [0.2, 0.25) is 0 Å². The van der Waals surface area contributed by atoms with E-state index in [1.54, 1.807) is 12.3 Å². The van der Waals surface area contributed by atoms with E-state index in [1.807, 2.05) is 26.0 Å². The van der Waals surface area contributed by atoms with Gasteiger partial charge in [0.05, 0.1) is 11.7 Å². The zero-order chi connectivity index (χ0) is 13.8. The highest BCUT2D eigenvalue weighted by molar-refractivity contribution is 5.30. The molecule has 1 aromatic carbocycles. The molecular formula is C15H18FN3. The maximum Gasteiger partial charge on any atom is 0.123 e. The minimum Gasteiger partial charge on any atom is -0.271 e. The zero-order valence-corrected chi connectivity index (χ0v) is 11.2. The van der Waals surface area contributed by atoms with Crippen LogP contribution < -0.4 is 11.3 Å². The van der Waals surface area contributed by atoms with E-state index in [0.29, 0.717) is 6.42 Å². The Labute approximate surface area is 112 Å². The smallest absolute Gasteiger partial charge is 0.123 e. The number of nitrogens with one attached hydrogen (secondary N) is 1. The van der Waals surface area contributed by atoms with Crippen LogP contribution in [0.3, 0.4) is 0 Å². The van der Waals surface area contributed by atoms with E-state index in [9.17, 15) is 4.39 Å². The summed E-state index contributed by atoms with van der Waals surface area (Å²) in [6.45, 7) is 3.90. The molecule has 1 unspecified atom stereocenters. The maximum absolute atomic E-state index is 13.1. The largest absolute Gasteiger partial charge is 0.271 e. The fraction of sp³-hybridized carbons (Fsp3) is 0.267. The molecule has 0 bridgehead atoms. The van der Waals surface area contributed by atoms with E-state index >= 15 is 0 Å². The first kappa shape index (κ1) is 13.6. The number of halogens is 1. The van der Waals surface area contributed by atoms with Gasteiger partial charge in [-0.2, -0.15) is 0 Å². The van der Waals surface area contributed by atoms with Crippen LogP contribution in [0.1, 0.15) is 28.4 Å². The molecule has 3 nitrogen and oxygen atoms in total. The van der Waals surface area contributed by atoms with Crippen molar-refractivity contribution in [2.75, 3.05) is 0 Å². The molecule has 0 spiro atoms. The highest BCUT2D eigenvalue weighted by atomic mass is 19.1. The average molecular weight is 259 g/mol. The van der Waals surface area contributed by atoms with Gasteiger partial charge < -0.3 is 0 Å². The van der Waals surface area contributed by atoms with Crippen molar-refractivity contribution < 1.29 is 4.39 Å². The Morgan fingerprint density at radius 2 is 2.05 bits per heavy atom. The van der Waals surface area contributed by atoms with Crippen molar-refractivity contribution in [1.29, 1.82) is 0 Å². The number of pyridine rings is 1. The number of nitrogens with two attached hydrogens (primary N) is 1. The van der Waals surface area contributed by atoms with Crippen LogP contribution in [-0.4, -0.2) is 4.98 Å². The molecule has 100 valence electrons. The number of aryl methyl sites for hydroxylation is 2. The van der Waals surface area contributed by atoms with E-state index in [1.165, 1.54) is 12.1 Å². The summed E-state index contributed by atoms with van der Waals surface area (Å²) in [7, 11) is 0. The molecule has 0 fully saturated rings. The number of hydrogen-bond acceptors (Lipinski definition) is 3. The molecule has 1 atom stereocenters. The molecule has 0 aliphatic carbocycles. The third-order valence-electron chi connectivity index (χ3n) is 3.31. The highest BCUT2D eigenvalue weighted by Crippen LogP contribution is 2.21. The van der Waals surface area contributed by atoms with Crippen LogP contribution in [0.4, 0.5) is 4.39 Å². The highest BCUT2D eigenvalue weighted by Gasteiger charge is 2.15. The summed E-state index contributed by atoms with van der Waals surface area (Å²) in [5, 5.41) is 0. The molecule has 4 heteroatoms. The lowest BCUT2D eigenvalue weighted by Crippen LogP contribution is -2.31. The number of aromatic nitrogens is 1. The van der Waals surface area contributed by atoms with Crippen LogP contribution in [0.15, 0.2) is 36.5 Å². The van der Waals surface area contributed by atoms with Crippen molar-refractivity contribution in [3.05, 3.63) is 64.7 Å². The van der Waals surface area contributed by atoms with Crippen LogP contribution in [0.5, 0.6) is 0 Å². The predicted octanol–water partition coefficient (Wildman–Crippen LogP) is 2.58. The fourth-order valence-electron chi connectivity index (χ4n) is 2.21. The normalized spacial score (nSPS) is 12.4. The van der Waals surface area contributed by atoms with E-state index in [4.69, 9.17) is 5.84 Å². The molecule has 0 aliphatic heterocycles. The molecule has 0 saturated heterocycles. The number of nitrogens with zero attached hydrogens (tertiary/aromatic N) is 1. The predicted molar refractivity (Wildman–Crippen MR) is 73.9 cm³/mol. The number of rotatable bonds is 4. The van der Waals surface area contributed by atoms with Crippen LogP contribution >= 0.6 is 0 Å². The summed E-state index contributed by atoms with van der Waals surface area (Å²) in [5.74, 6) is 5.42. The summed E-state index contributed by atoms with van der Waals surface area (Å²) in [6.07, 6.45) is 2.44. The average Bonchev–Trinajstić information content (AvgIpc) is 2.39. The van der Waals surface area contributed by atoms with Gasteiger partial charge in [-0.25, -0.2) is 4.39 Å². The molecule has 1 aromatic heterocycles. The van der Waals surface area contributed by atoms with Crippen LogP contribution in [0.25, 0.3) is 0 Å². The molecule has 19 heavy (non-hydrogen) atoms. The third-order valence-corrected chi connectivity index (χ3v) is 3.31. The second-order valence-electron chi connectivity index (χ2n) is 4.70. The molecule has 0 radical (unpaired) electrons. The minimum atomic E-state index is -0.215. The Balaban J connectivity index is 2.27. The molecule has 0 amide bonds. The van der Waals surface area contributed by atoms with Gasteiger partial charge in [-0.1, -0.05) is 12.1 Å². The molecule has 0 aliphatic rings. The minimum absolute atomic E-state index is 0.0784. The van der Waals surface area contributed by atoms with Crippen molar-refractivity contribution in [2.24, 2.45) is 5.84 Å². The number of hydrogen-bond donors (Lipinski definition) is 2. The van der Waals surface area contributed by atoms with Gasteiger partial charge in [-0.05, 0) is 55.2 Å². The van der Waals surface area contributed by atoms with Gasteiger partial charge in [0.15, 0.2) is 0 Å². The van der Waals surface area contributed by atoms with Gasteiger partial charge in [0, 0.05) is 6.20 Å². The Kier molecular flexibility index (Phi) is 4.24. The van der Waals surface area contributed by atoms with Gasteiger partial charge >= 0.3 is 0 Å². The lowest BCUT2D eigenvalue weighted by Gasteiger charge is -2.18. The molecule has 1 heterocycles. The van der Waals surface area contributed by atoms with E-state index in [2.05, 4.69) is 10.4 Å². The quantitative estimate of drug-likeness (QED) is 0.655. The Bertz CT molecular complexity index is 569.